The molecule has 0 atom stereocenters. The van der Waals surface area contributed by atoms with Crippen LogP contribution < -0.4 is 0 Å². The third-order valence-electron chi connectivity index (χ3n) is 2.36. The number of hydrogen-bond donors (Lipinski definition) is 0. The maximum Gasteiger partial charge on any atom is 0.0723 e. The van der Waals surface area contributed by atoms with E-state index in [0.29, 0.717) is 0 Å². The molecule has 0 bridgehead atoms. The average Bonchev–Trinajstić information content (AvgIpc) is 2.82. The molecule has 0 aliphatic carbocycles. The van der Waals surface area contributed by atoms with Gasteiger partial charge in [0.05, 0.1) is 11.2 Å². The van der Waals surface area contributed by atoms with Gasteiger partial charge in [0.1, 0.15) is 0 Å². The van der Waals surface area contributed by atoms with E-state index in [4.69, 9.17) is 0 Å². The van der Waals surface area contributed by atoms with Crippen molar-refractivity contribution in [3.05, 3.63) is 55.0 Å². The second kappa shape index (κ2) is 3.20. The topological polar surface area (TPSA) is 30.7 Å². The van der Waals surface area contributed by atoms with Crippen LogP contribution in [0.15, 0.2) is 55.0 Å². The summed E-state index contributed by atoms with van der Waals surface area (Å²) in [7, 11) is 0. The molecule has 0 saturated heterocycles. The molecule has 3 rings (SSSR count). The zero-order chi connectivity index (χ0) is 10.1. The Labute approximate surface area is 87.0 Å². The molecule has 0 radical (unpaired) electrons. The highest BCUT2D eigenvalue weighted by atomic mass is 15.3. The van der Waals surface area contributed by atoms with Gasteiger partial charge in [0.2, 0.25) is 0 Å². The molecule has 0 unspecified atom stereocenters. The first-order valence-electron chi connectivity index (χ1n) is 4.78. The summed E-state index contributed by atoms with van der Waals surface area (Å²) in [5, 5.41) is 5.33. The summed E-state index contributed by atoms with van der Waals surface area (Å²) in [6.07, 6.45) is 5.49. The van der Waals surface area contributed by atoms with E-state index >= 15 is 0 Å². The Kier molecular flexibility index (Phi) is 1.75. The number of fused-ring (bicyclic) bond motifs is 1. The standard InChI is InChI=1S/C12H9N3/c1-3-10-4-5-11(9-12(10)13-6-1)15-8-2-7-14-15/h1-9H. The zero-order valence-electron chi connectivity index (χ0n) is 8.04. The number of benzene rings is 1. The van der Waals surface area contributed by atoms with Crippen molar-refractivity contribution in [1.29, 1.82) is 0 Å². The summed E-state index contributed by atoms with van der Waals surface area (Å²) in [5.74, 6) is 0. The number of hydrogen-bond acceptors (Lipinski definition) is 2. The van der Waals surface area contributed by atoms with Crippen molar-refractivity contribution in [3.8, 4) is 5.69 Å². The Morgan fingerprint density at radius 1 is 1.00 bits per heavy atom. The number of nitrogens with zero attached hydrogens (tertiary/aromatic N) is 3. The van der Waals surface area contributed by atoms with Gasteiger partial charge in [-0.2, -0.15) is 5.10 Å². The fourth-order valence-corrected chi connectivity index (χ4v) is 1.62. The van der Waals surface area contributed by atoms with Gasteiger partial charge < -0.3 is 0 Å². The Balaban J connectivity index is 2.22. The minimum Gasteiger partial charge on any atom is -0.256 e. The van der Waals surface area contributed by atoms with E-state index in [1.165, 1.54) is 0 Å². The number of rotatable bonds is 1. The van der Waals surface area contributed by atoms with Gasteiger partial charge in [-0.25, -0.2) is 4.68 Å². The van der Waals surface area contributed by atoms with Crippen LogP contribution in [0.2, 0.25) is 0 Å². The lowest BCUT2D eigenvalue weighted by molar-refractivity contribution is 0.881. The minimum atomic E-state index is 0.991. The van der Waals surface area contributed by atoms with Crippen LogP contribution in [-0.2, 0) is 0 Å². The molecule has 0 aliphatic heterocycles. The first-order chi connectivity index (χ1) is 7.43. The van der Waals surface area contributed by atoms with Crippen molar-refractivity contribution < 1.29 is 0 Å². The van der Waals surface area contributed by atoms with E-state index < -0.39 is 0 Å². The molecular weight excluding hydrogens is 186 g/mol. The first kappa shape index (κ1) is 8.17. The van der Waals surface area contributed by atoms with E-state index in [9.17, 15) is 0 Å². The highest BCUT2D eigenvalue weighted by molar-refractivity contribution is 5.80. The van der Waals surface area contributed by atoms with Crippen LogP contribution in [0, 0.1) is 0 Å². The molecule has 0 amide bonds. The van der Waals surface area contributed by atoms with Crippen LogP contribution in [0.4, 0.5) is 0 Å². The predicted molar refractivity (Wildman–Crippen MR) is 58.9 cm³/mol. The lowest BCUT2D eigenvalue weighted by Gasteiger charge is -2.02. The van der Waals surface area contributed by atoms with Crippen LogP contribution in [0.1, 0.15) is 0 Å². The van der Waals surface area contributed by atoms with E-state index in [1.807, 2.05) is 35.1 Å². The normalized spacial score (nSPS) is 10.7. The fraction of sp³-hybridized carbons (Fsp3) is 0. The van der Waals surface area contributed by atoms with Crippen molar-refractivity contribution in [2.45, 2.75) is 0 Å². The molecule has 15 heavy (non-hydrogen) atoms. The molecule has 2 heterocycles. The summed E-state index contributed by atoms with van der Waals surface area (Å²) >= 11 is 0. The summed E-state index contributed by atoms with van der Waals surface area (Å²) in [6, 6.07) is 12.0. The van der Waals surface area contributed by atoms with Gasteiger partial charge in [0.25, 0.3) is 0 Å². The van der Waals surface area contributed by atoms with Gasteiger partial charge in [-0.3, -0.25) is 4.98 Å². The van der Waals surface area contributed by atoms with Gasteiger partial charge in [-0.05, 0) is 24.3 Å². The zero-order valence-corrected chi connectivity index (χ0v) is 8.04. The highest BCUT2D eigenvalue weighted by Gasteiger charge is 1.98. The van der Waals surface area contributed by atoms with Gasteiger partial charge >= 0.3 is 0 Å². The van der Waals surface area contributed by atoms with Crippen LogP contribution in [-0.4, -0.2) is 14.8 Å². The van der Waals surface area contributed by atoms with Gasteiger partial charge in [0, 0.05) is 24.0 Å². The molecule has 1 aromatic carbocycles. The SMILES string of the molecule is c1cnc2cc(-n3cccn3)ccc2c1. The Morgan fingerprint density at radius 2 is 2.00 bits per heavy atom. The molecule has 0 spiro atoms. The summed E-state index contributed by atoms with van der Waals surface area (Å²) in [5.41, 5.74) is 2.02. The largest absolute Gasteiger partial charge is 0.256 e. The summed E-state index contributed by atoms with van der Waals surface area (Å²) < 4.78 is 1.83. The van der Waals surface area contributed by atoms with Crippen molar-refractivity contribution >= 4 is 10.9 Å². The lowest BCUT2D eigenvalue weighted by atomic mass is 10.2. The van der Waals surface area contributed by atoms with Crippen LogP contribution in [0.25, 0.3) is 16.6 Å². The minimum absolute atomic E-state index is 0.991. The summed E-state index contributed by atoms with van der Waals surface area (Å²) in [4.78, 5) is 4.31. The quantitative estimate of drug-likeness (QED) is 0.597. The third kappa shape index (κ3) is 1.38. The second-order valence-corrected chi connectivity index (χ2v) is 3.33. The monoisotopic (exact) mass is 195 g/mol. The van der Waals surface area contributed by atoms with E-state index in [1.54, 1.807) is 12.4 Å². The van der Waals surface area contributed by atoms with Gasteiger partial charge in [-0.15, -0.1) is 0 Å². The van der Waals surface area contributed by atoms with Crippen molar-refractivity contribution in [1.82, 2.24) is 14.8 Å². The molecule has 0 N–H and O–H groups in total. The van der Waals surface area contributed by atoms with E-state index in [0.717, 1.165) is 16.6 Å². The summed E-state index contributed by atoms with van der Waals surface area (Å²) in [6.45, 7) is 0. The number of pyridine rings is 1. The third-order valence-corrected chi connectivity index (χ3v) is 2.36. The van der Waals surface area contributed by atoms with Crippen molar-refractivity contribution in [2.75, 3.05) is 0 Å². The Morgan fingerprint density at radius 3 is 2.87 bits per heavy atom. The highest BCUT2D eigenvalue weighted by Crippen LogP contribution is 2.15. The smallest absolute Gasteiger partial charge is 0.0723 e. The Bertz CT molecular complexity index is 585. The van der Waals surface area contributed by atoms with Crippen molar-refractivity contribution in [3.63, 3.8) is 0 Å². The molecule has 2 aromatic heterocycles. The maximum absolute atomic E-state index is 4.31. The molecule has 72 valence electrons. The number of aromatic nitrogens is 3. The fourth-order valence-electron chi connectivity index (χ4n) is 1.62. The molecule has 3 heteroatoms. The van der Waals surface area contributed by atoms with Crippen LogP contribution in [0.3, 0.4) is 0 Å². The van der Waals surface area contributed by atoms with Gasteiger partial charge in [0.15, 0.2) is 0 Å². The second-order valence-electron chi connectivity index (χ2n) is 3.33. The predicted octanol–water partition coefficient (Wildman–Crippen LogP) is 2.42. The molecule has 0 fully saturated rings. The molecule has 3 nitrogen and oxygen atoms in total. The lowest BCUT2D eigenvalue weighted by Crippen LogP contribution is -1.93. The maximum atomic E-state index is 4.31. The van der Waals surface area contributed by atoms with E-state index in [2.05, 4.69) is 22.2 Å². The van der Waals surface area contributed by atoms with Gasteiger partial charge in [-0.1, -0.05) is 12.1 Å². The molecule has 0 aliphatic rings. The van der Waals surface area contributed by atoms with Crippen molar-refractivity contribution in [2.24, 2.45) is 0 Å². The molecular formula is C12H9N3. The first-order valence-corrected chi connectivity index (χ1v) is 4.78. The van der Waals surface area contributed by atoms with Crippen LogP contribution >= 0.6 is 0 Å². The molecule has 3 aromatic rings. The Hall–Kier alpha value is -2.16. The van der Waals surface area contributed by atoms with Crippen LogP contribution in [0.5, 0.6) is 0 Å². The van der Waals surface area contributed by atoms with E-state index in [-0.39, 0.29) is 0 Å². The molecule has 0 saturated carbocycles. The average molecular weight is 195 g/mol.